The van der Waals surface area contributed by atoms with Crippen LogP contribution in [0.4, 0.5) is 19.3 Å². The quantitative estimate of drug-likeness (QED) is 0.897. The SMILES string of the molecule is O=C(NCC(F)F)N[C@@H]1CCN(c2cccc(Cl)c2)C1. The summed E-state index contributed by atoms with van der Waals surface area (Å²) in [6, 6.07) is 6.88. The zero-order valence-electron chi connectivity index (χ0n) is 10.8. The molecule has 110 valence electrons. The molecule has 1 saturated heterocycles. The Morgan fingerprint density at radius 3 is 3.00 bits per heavy atom. The second-order valence-electron chi connectivity index (χ2n) is 4.66. The molecule has 1 fully saturated rings. The van der Waals surface area contributed by atoms with E-state index in [0.29, 0.717) is 11.6 Å². The molecule has 20 heavy (non-hydrogen) atoms. The van der Waals surface area contributed by atoms with E-state index in [1.54, 1.807) is 6.07 Å². The fourth-order valence-corrected chi connectivity index (χ4v) is 2.38. The van der Waals surface area contributed by atoms with Crippen molar-refractivity contribution in [3.63, 3.8) is 0 Å². The van der Waals surface area contributed by atoms with Gasteiger partial charge < -0.3 is 15.5 Å². The monoisotopic (exact) mass is 303 g/mol. The molecule has 0 bridgehead atoms. The molecular weight excluding hydrogens is 288 g/mol. The highest BCUT2D eigenvalue weighted by Gasteiger charge is 2.24. The normalized spacial score (nSPS) is 18.4. The number of rotatable bonds is 4. The molecule has 1 aromatic rings. The van der Waals surface area contributed by atoms with Gasteiger partial charge in [0.25, 0.3) is 6.43 Å². The van der Waals surface area contributed by atoms with Gasteiger partial charge in [0, 0.05) is 29.8 Å². The fraction of sp³-hybridized carbons (Fsp3) is 0.462. The summed E-state index contributed by atoms with van der Waals surface area (Å²) < 4.78 is 23.9. The average Bonchev–Trinajstić information content (AvgIpc) is 2.85. The van der Waals surface area contributed by atoms with Crippen LogP contribution in [-0.2, 0) is 0 Å². The minimum absolute atomic E-state index is 0.0494. The van der Waals surface area contributed by atoms with Gasteiger partial charge >= 0.3 is 6.03 Å². The molecule has 1 heterocycles. The summed E-state index contributed by atoms with van der Waals surface area (Å²) in [7, 11) is 0. The van der Waals surface area contributed by atoms with Crippen LogP contribution in [0.2, 0.25) is 5.02 Å². The largest absolute Gasteiger partial charge is 0.369 e. The summed E-state index contributed by atoms with van der Waals surface area (Å²) in [4.78, 5) is 13.5. The van der Waals surface area contributed by atoms with Gasteiger partial charge in [-0.1, -0.05) is 17.7 Å². The summed E-state index contributed by atoms with van der Waals surface area (Å²) in [5, 5.41) is 5.48. The van der Waals surface area contributed by atoms with Crippen LogP contribution in [0.15, 0.2) is 24.3 Å². The first kappa shape index (κ1) is 14.8. The van der Waals surface area contributed by atoms with E-state index in [2.05, 4.69) is 15.5 Å². The first-order valence-corrected chi connectivity index (χ1v) is 6.75. The van der Waals surface area contributed by atoms with E-state index < -0.39 is 19.0 Å². The van der Waals surface area contributed by atoms with Gasteiger partial charge in [-0.3, -0.25) is 0 Å². The lowest BCUT2D eigenvalue weighted by molar-refractivity contribution is 0.146. The zero-order chi connectivity index (χ0) is 14.5. The third-order valence-electron chi connectivity index (χ3n) is 3.11. The van der Waals surface area contributed by atoms with Gasteiger partial charge in [-0.15, -0.1) is 0 Å². The van der Waals surface area contributed by atoms with Crippen molar-refractivity contribution in [2.75, 3.05) is 24.5 Å². The lowest BCUT2D eigenvalue weighted by Crippen LogP contribution is -2.44. The van der Waals surface area contributed by atoms with E-state index in [0.717, 1.165) is 18.7 Å². The Morgan fingerprint density at radius 1 is 1.50 bits per heavy atom. The van der Waals surface area contributed by atoms with Crippen molar-refractivity contribution >= 4 is 23.3 Å². The number of carbonyl (C=O) groups excluding carboxylic acids is 1. The van der Waals surface area contributed by atoms with Crippen molar-refractivity contribution in [3.05, 3.63) is 29.3 Å². The second-order valence-corrected chi connectivity index (χ2v) is 5.09. The van der Waals surface area contributed by atoms with Gasteiger partial charge in [0.2, 0.25) is 0 Å². The van der Waals surface area contributed by atoms with Crippen LogP contribution in [0.3, 0.4) is 0 Å². The topological polar surface area (TPSA) is 44.4 Å². The van der Waals surface area contributed by atoms with Crippen LogP contribution < -0.4 is 15.5 Å². The lowest BCUT2D eigenvalue weighted by Gasteiger charge is -2.19. The summed E-state index contributed by atoms with van der Waals surface area (Å²) in [6.07, 6.45) is -1.76. The smallest absolute Gasteiger partial charge is 0.315 e. The maximum Gasteiger partial charge on any atom is 0.315 e. The number of hydrogen-bond acceptors (Lipinski definition) is 2. The molecule has 4 nitrogen and oxygen atoms in total. The number of urea groups is 1. The van der Waals surface area contributed by atoms with E-state index in [1.165, 1.54) is 0 Å². The molecule has 2 amide bonds. The van der Waals surface area contributed by atoms with Gasteiger partial charge in [0.1, 0.15) is 0 Å². The number of anilines is 1. The summed E-state index contributed by atoms with van der Waals surface area (Å²) in [6.45, 7) is 0.805. The molecule has 0 aromatic heterocycles. The van der Waals surface area contributed by atoms with Crippen LogP contribution in [0.25, 0.3) is 0 Å². The van der Waals surface area contributed by atoms with Gasteiger partial charge in [-0.25, -0.2) is 13.6 Å². The van der Waals surface area contributed by atoms with Crippen LogP contribution in [-0.4, -0.2) is 38.1 Å². The Bertz CT molecular complexity index is 473. The molecule has 7 heteroatoms. The predicted molar refractivity (Wildman–Crippen MR) is 74.6 cm³/mol. The Morgan fingerprint density at radius 2 is 2.30 bits per heavy atom. The minimum Gasteiger partial charge on any atom is -0.369 e. The molecule has 1 aliphatic heterocycles. The van der Waals surface area contributed by atoms with Crippen molar-refractivity contribution < 1.29 is 13.6 Å². The van der Waals surface area contributed by atoms with Gasteiger partial charge in [0.15, 0.2) is 0 Å². The second kappa shape index (κ2) is 6.74. The average molecular weight is 304 g/mol. The van der Waals surface area contributed by atoms with Crippen LogP contribution in [0, 0.1) is 0 Å². The van der Waals surface area contributed by atoms with E-state index in [-0.39, 0.29) is 6.04 Å². The molecule has 0 aliphatic carbocycles. The standard InChI is InChI=1S/C13H16ClF2N3O/c14-9-2-1-3-11(6-9)19-5-4-10(8-19)18-13(20)17-7-12(15)16/h1-3,6,10,12H,4-5,7-8H2,(H2,17,18,20)/t10-/m1/s1. The Hall–Kier alpha value is -1.56. The van der Waals surface area contributed by atoms with Crippen LogP contribution >= 0.6 is 11.6 Å². The number of carbonyl (C=O) groups is 1. The van der Waals surface area contributed by atoms with Crippen molar-refractivity contribution in [1.29, 1.82) is 0 Å². The molecule has 1 atom stereocenters. The number of alkyl halides is 2. The van der Waals surface area contributed by atoms with Crippen molar-refractivity contribution in [1.82, 2.24) is 10.6 Å². The highest BCUT2D eigenvalue weighted by Crippen LogP contribution is 2.23. The third kappa shape index (κ3) is 4.23. The van der Waals surface area contributed by atoms with E-state index >= 15 is 0 Å². The Labute approximate surface area is 121 Å². The van der Waals surface area contributed by atoms with E-state index in [1.807, 2.05) is 18.2 Å². The number of hydrogen-bond donors (Lipinski definition) is 2. The molecule has 1 aliphatic rings. The number of nitrogens with one attached hydrogen (secondary N) is 2. The minimum atomic E-state index is -2.53. The predicted octanol–water partition coefficient (Wildman–Crippen LogP) is 2.48. The van der Waals surface area contributed by atoms with Crippen LogP contribution in [0.5, 0.6) is 0 Å². The van der Waals surface area contributed by atoms with Gasteiger partial charge in [0.05, 0.1) is 6.54 Å². The fourth-order valence-electron chi connectivity index (χ4n) is 2.19. The molecule has 0 saturated carbocycles. The van der Waals surface area contributed by atoms with Gasteiger partial charge in [-0.05, 0) is 24.6 Å². The van der Waals surface area contributed by atoms with Crippen LogP contribution in [0.1, 0.15) is 6.42 Å². The van der Waals surface area contributed by atoms with Crippen molar-refractivity contribution in [3.8, 4) is 0 Å². The third-order valence-corrected chi connectivity index (χ3v) is 3.35. The summed E-state index contributed by atoms with van der Waals surface area (Å²) in [5.41, 5.74) is 0.995. The van der Waals surface area contributed by atoms with Crippen molar-refractivity contribution in [2.45, 2.75) is 18.9 Å². The van der Waals surface area contributed by atoms with Crippen molar-refractivity contribution in [2.24, 2.45) is 0 Å². The maximum atomic E-state index is 12.0. The lowest BCUT2D eigenvalue weighted by atomic mass is 10.3. The molecule has 0 radical (unpaired) electrons. The molecule has 2 N–H and O–H groups in total. The highest BCUT2D eigenvalue weighted by atomic mass is 35.5. The number of benzene rings is 1. The molecule has 0 spiro atoms. The molecular formula is C13H16ClF2N3O. The first-order chi connectivity index (χ1) is 9.54. The Kier molecular flexibility index (Phi) is 5.00. The van der Waals surface area contributed by atoms with Gasteiger partial charge in [-0.2, -0.15) is 0 Å². The summed E-state index contributed by atoms with van der Waals surface area (Å²) in [5.74, 6) is 0. The van der Waals surface area contributed by atoms with E-state index in [9.17, 15) is 13.6 Å². The maximum absolute atomic E-state index is 12.0. The Balaban J connectivity index is 1.82. The number of nitrogens with zero attached hydrogens (tertiary/aromatic N) is 1. The summed E-state index contributed by atoms with van der Waals surface area (Å²) >= 11 is 5.94. The highest BCUT2D eigenvalue weighted by molar-refractivity contribution is 6.30. The molecule has 1 aromatic carbocycles. The number of amides is 2. The van der Waals surface area contributed by atoms with E-state index in [4.69, 9.17) is 11.6 Å². The molecule has 2 rings (SSSR count). The number of halogens is 3. The molecule has 0 unspecified atom stereocenters. The first-order valence-electron chi connectivity index (χ1n) is 6.37. The zero-order valence-corrected chi connectivity index (χ0v) is 11.5.